The third-order valence-electron chi connectivity index (χ3n) is 5.07. The highest BCUT2D eigenvalue weighted by molar-refractivity contribution is 6.36. The van der Waals surface area contributed by atoms with E-state index in [1.54, 1.807) is 6.07 Å². The van der Waals surface area contributed by atoms with Crippen molar-refractivity contribution in [1.29, 1.82) is 0 Å². The number of aromatic nitrogens is 3. The molecule has 3 aromatic rings. The first kappa shape index (κ1) is 20.6. The normalized spacial score (nSPS) is 17.8. The fourth-order valence-electron chi connectivity index (χ4n) is 3.77. The number of hydrogen-bond acceptors (Lipinski definition) is 4. The van der Waals surface area contributed by atoms with E-state index in [9.17, 15) is 22.0 Å². The molecular weight excluding hydrogens is 429 g/mol. The van der Waals surface area contributed by atoms with Gasteiger partial charge in [-0.25, -0.2) is 8.78 Å². The molecule has 11 heteroatoms. The fourth-order valence-corrected chi connectivity index (χ4v) is 4.08. The van der Waals surface area contributed by atoms with Crippen LogP contribution in [0.4, 0.5) is 33.3 Å². The van der Waals surface area contributed by atoms with Crippen LogP contribution < -0.4 is 9.80 Å². The Morgan fingerprint density at radius 2 is 1.80 bits per heavy atom. The van der Waals surface area contributed by atoms with E-state index in [-0.39, 0.29) is 22.5 Å². The number of piperazine rings is 1. The van der Waals surface area contributed by atoms with Gasteiger partial charge in [-0.1, -0.05) is 11.6 Å². The average molecular weight is 446 g/mol. The van der Waals surface area contributed by atoms with Gasteiger partial charge in [0.2, 0.25) is 0 Å². The SMILES string of the molecule is C[C@H]1CN(c2ccn3c(CC(F)(F)F)nnc3c2Cl)CCN1c1cc(F)cc(F)c1. The van der Waals surface area contributed by atoms with Crippen LogP contribution in [0.25, 0.3) is 5.65 Å². The van der Waals surface area contributed by atoms with Crippen LogP contribution in [0.3, 0.4) is 0 Å². The molecule has 3 heterocycles. The molecule has 0 bridgehead atoms. The first-order chi connectivity index (χ1) is 14.1. The van der Waals surface area contributed by atoms with Crippen molar-refractivity contribution in [3.8, 4) is 0 Å². The molecule has 1 atom stereocenters. The second-order valence-electron chi connectivity index (χ2n) is 7.23. The summed E-state index contributed by atoms with van der Waals surface area (Å²) in [5.41, 5.74) is 1.22. The van der Waals surface area contributed by atoms with Crippen molar-refractivity contribution < 1.29 is 22.0 Å². The molecule has 2 aromatic heterocycles. The summed E-state index contributed by atoms with van der Waals surface area (Å²) in [6.07, 6.45) is -4.14. The second-order valence-corrected chi connectivity index (χ2v) is 7.61. The van der Waals surface area contributed by atoms with Crippen LogP contribution in [-0.4, -0.2) is 46.5 Å². The first-order valence-electron chi connectivity index (χ1n) is 9.19. The van der Waals surface area contributed by atoms with E-state index in [2.05, 4.69) is 10.2 Å². The topological polar surface area (TPSA) is 36.7 Å². The number of alkyl halides is 3. The molecule has 0 amide bonds. The van der Waals surface area contributed by atoms with Gasteiger partial charge in [-0.05, 0) is 25.1 Å². The molecule has 1 saturated heterocycles. The fraction of sp³-hybridized carbons (Fsp3) is 0.368. The monoisotopic (exact) mass is 445 g/mol. The van der Waals surface area contributed by atoms with Crippen molar-refractivity contribution in [3.05, 3.63) is 52.9 Å². The third-order valence-corrected chi connectivity index (χ3v) is 5.44. The quantitative estimate of drug-likeness (QED) is 0.557. The Morgan fingerprint density at radius 3 is 2.43 bits per heavy atom. The lowest BCUT2D eigenvalue weighted by molar-refractivity contribution is -0.128. The van der Waals surface area contributed by atoms with Crippen LogP contribution in [0.1, 0.15) is 12.7 Å². The summed E-state index contributed by atoms with van der Waals surface area (Å²) in [5, 5.41) is 7.65. The minimum absolute atomic E-state index is 0.0918. The Balaban J connectivity index is 1.57. The van der Waals surface area contributed by atoms with Crippen LogP contribution in [0.15, 0.2) is 30.5 Å². The summed E-state index contributed by atoms with van der Waals surface area (Å²) in [5.74, 6) is -1.53. The van der Waals surface area contributed by atoms with E-state index in [0.717, 1.165) is 6.07 Å². The summed E-state index contributed by atoms with van der Waals surface area (Å²) < 4.78 is 66.5. The standard InChI is InChI=1S/C19H17ClF5N5/c1-11-10-28(4-5-29(11)14-7-12(21)6-13(22)8-14)15-2-3-30-16(9-19(23,24)25)26-27-18(30)17(15)20/h2-3,6-8,11H,4-5,9-10H2,1H3/t11-/m0/s1. The highest BCUT2D eigenvalue weighted by atomic mass is 35.5. The Hall–Kier alpha value is -2.62. The number of nitrogens with zero attached hydrogens (tertiary/aromatic N) is 5. The maximum atomic E-state index is 13.6. The molecule has 30 heavy (non-hydrogen) atoms. The molecule has 1 aliphatic rings. The molecule has 1 fully saturated rings. The van der Waals surface area contributed by atoms with Crippen molar-refractivity contribution in [1.82, 2.24) is 14.6 Å². The molecule has 4 rings (SSSR count). The van der Waals surface area contributed by atoms with Gasteiger partial charge in [0, 0.05) is 43.6 Å². The Labute approximate surface area is 173 Å². The molecule has 0 N–H and O–H groups in total. The van der Waals surface area contributed by atoms with Crippen LogP contribution in [0, 0.1) is 11.6 Å². The minimum atomic E-state index is -4.41. The van der Waals surface area contributed by atoms with E-state index in [0.29, 0.717) is 31.0 Å². The van der Waals surface area contributed by atoms with Gasteiger partial charge in [-0.15, -0.1) is 10.2 Å². The van der Waals surface area contributed by atoms with Crippen molar-refractivity contribution in [2.75, 3.05) is 29.4 Å². The molecule has 160 valence electrons. The van der Waals surface area contributed by atoms with Gasteiger partial charge < -0.3 is 9.80 Å². The number of pyridine rings is 1. The Bertz CT molecular complexity index is 1060. The van der Waals surface area contributed by atoms with Crippen molar-refractivity contribution in [2.45, 2.75) is 25.6 Å². The number of fused-ring (bicyclic) bond motifs is 1. The molecule has 0 aliphatic carbocycles. The summed E-state index contributed by atoms with van der Waals surface area (Å²) in [7, 11) is 0. The molecule has 1 aliphatic heterocycles. The lowest BCUT2D eigenvalue weighted by Gasteiger charge is -2.42. The van der Waals surface area contributed by atoms with Crippen LogP contribution in [0.2, 0.25) is 5.02 Å². The van der Waals surface area contributed by atoms with E-state index in [4.69, 9.17) is 11.6 Å². The van der Waals surface area contributed by atoms with Gasteiger partial charge in [-0.2, -0.15) is 13.2 Å². The van der Waals surface area contributed by atoms with Crippen LogP contribution >= 0.6 is 11.6 Å². The molecule has 0 unspecified atom stereocenters. The lowest BCUT2D eigenvalue weighted by Crippen LogP contribution is -2.52. The summed E-state index contributed by atoms with van der Waals surface area (Å²) in [6.45, 7) is 3.40. The number of halogens is 6. The molecule has 5 nitrogen and oxygen atoms in total. The van der Waals surface area contributed by atoms with E-state index >= 15 is 0 Å². The van der Waals surface area contributed by atoms with Crippen LogP contribution in [-0.2, 0) is 6.42 Å². The van der Waals surface area contributed by atoms with E-state index in [1.165, 1.54) is 22.7 Å². The molecule has 0 saturated carbocycles. The number of hydrogen-bond donors (Lipinski definition) is 0. The predicted molar refractivity (Wildman–Crippen MR) is 103 cm³/mol. The number of benzene rings is 1. The van der Waals surface area contributed by atoms with Gasteiger partial charge >= 0.3 is 6.18 Å². The molecule has 0 spiro atoms. The van der Waals surface area contributed by atoms with Gasteiger partial charge in [0.05, 0.1) is 5.69 Å². The largest absolute Gasteiger partial charge is 0.396 e. The number of rotatable bonds is 3. The second kappa shape index (κ2) is 7.57. The van der Waals surface area contributed by atoms with Gasteiger partial charge in [0.15, 0.2) is 5.65 Å². The molecular formula is C19H17ClF5N5. The summed E-state index contributed by atoms with van der Waals surface area (Å²) >= 11 is 6.44. The van der Waals surface area contributed by atoms with E-state index < -0.39 is 24.2 Å². The van der Waals surface area contributed by atoms with E-state index in [1.807, 2.05) is 16.7 Å². The van der Waals surface area contributed by atoms with Gasteiger partial charge in [0.1, 0.15) is 28.9 Å². The van der Waals surface area contributed by atoms with Crippen LogP contribution in [0.5, 0.6) is 0 Å². The zero-order valence-electron chi connectivity index (χ0n) is 15.8. The van der Waals surface area contributed by atoms with Crippen molar-refractivity contribution >= 4 is 28.6 Å². The highest BCUT2D eigenvalue weighted by Gasteiger charge is 2.31. The number of anilines is 2. The lowest BCUT2D eigenvalue weighted by atomic mass is 10.1. The molecule has 0 radical (unpaired) electrons. The smallest absolute Gasteiger partial charge is 0.366 e. The summed E-state index contributed by atoms with van der Waals surface area (Å²) in [6, 6.07) is 4.93. The maximum absolute atomic E-state index is 13.6. The Kier molecular flexibility index (Phi) is 5.21. The van der Waals surface area contributed by atoms with Gasteiger partial charge in [0.25, 0.3) is 0 Å². The zero-order chi connectivity index (χ0) is 21.6. The predicted octanol–water partition coefficient (Wildman–Crippen LogP) is 4.48. The average Bonchev–Trinajstić information content (AvgIpc) is 3.03. The minimum Gasteiger partial charge on any atom is -0.366 e. The van der Waals surface area contributed by atoms with Gasteiger partial charge in [-0.3, -0.25) is 4.40 Å². The molecule has 1 aromatic carbocycles. The van der Waals surface area contributed by atoms with Crippen molar-refractivity contribution in [3.63, 3.8) is 0 Å². The zero-order valence-corrected chi connectivity index (χ0v) is 16.6. The summed E-state index contributed by atoms with van der Waals surface area (Å²) in [4.78, 5) is 3.87. The van der Waals surface area contributed by atoms with Crippen molar-refractivity contribution in [2.24, 2.45) is 0 Å². The maximum Gasteiger partial charge on any atom is 0.396 e. The highest BCUT2D eigenvalue weighted by Crippen LogP contribution is 2.33. The third kappa shape index (κ3) is 4.00. The first-order valence-corrected chi connectivity index (χ1v) is 9.57. The Morgan fingerprint density at radius 1 is 1.10 bits per heavy atom.